The summed E-state index contributed by atoms with van der Waals surface area (Å²) in [6.45, 7) is 0.610. The number of carbonyl (C=O) groups excluding carboxylic acids is 1. The van der Waals surface area contributed by atoms with Crippen LogP contribution in [0.3, 0.4) is 0 Å². The van der Waals surface area contributed by atoms with Crippen molar-refractivity contribution in [2.75, 3.05) is 6.61 Å². The maximum atomic E-state index is 10.4. The zero-order valence-corrected chi connectivity index (χ0v) is 8.25. The van der Waals surface area contributed by atoms with Gasteiger partial charge in [0.05, 0.1) is 12.6 Å². The van der Waals surface area contributed by atoms with Gasteiger partial charge in [0, 0.05) is 17.0 Å². The van der Waals surface area contributed by atoms with Gasteiger partial charge in [-0.1, -0.05) is 17.7 Å². The lowest BCUT2D eigenvalue weighted by molar-refractivity contribution is -0.110. The van der Waals surface area contributed by atoms with Crippen LogP contribution >= 0.6 is 11.6 Å². The molecule has 1 aliphatic heterocycles. The predicted octanol–water partition coefficient (Wildman–Crippen LogP) is 1.91. The summed E-state index contributed by atoms with van der Waals surface area (Å²) < 4.78 is 5.44. The Morgan fingerprint density at radius 3 is 3.21 bits per heavy atom. The summed E-state index contributed by atoms with van der Waals surface area (Å²) in [5.74, 6) is 0.767. The molecule has 74 valence electrons. The highest BCUT2D eigenvalue weighted by molar-refractivity contribution is 6.30. The second-order valence-corrected chi connectivity index (χ2v) is 3.59. The van der Waals surface area contributed by atoms with E-state index in [-0.39, 0.29) is 6.04 Å². The number of halogens is 1. The Balaban J connectivity index is 2.34. The van der Waals surface area contributed by atoms with Crippen LogP contribution in [0, 0.1) is 0 Å². The smallest absolute Gasteiger partial charge is 0.207 e. The van der Waals surface area contributed by atoms with E-state index in [2.05, 4.69) is 5.32 Å². The summed E-state index contributed by atoms with van der Waals surface area (Å²) in [6, 6.07) is 5.51. The van der Waals surface area contributed by atoms with Gasteiger partial charge in [-0.25, -0.2) is 0 Å². The lowest BCUT2D eigenvalue weighted by Crippen LogP contribution is -2.25. The molecule has 3 nitrogen and oxygen atoms in total. The molecule has 0 saturated carbocycles. The van der Waals surface area contributed by atoms with Crippen molar-refractivity contribution in [3.05, 3.63) is 28.8 Å². The number of carbonyl (C=O) groups is 1. The van der Waals surface area contributed by atoms with Crippen LogP contribution < -0.4 is 10.1 Å². The number of nitrogens with one attached hydrogen (secondary N) is 1. The van der Waals surface area contributed by atoms with Gasteiger partial charge in [-0.05, 0) is 12.1 Å². The SMILES string of the molecule is O=CNC1CCOc2cc(Cl)ccc21. The fourth-order valence-corrected chi connectivity index (χ4v) is 1.78. The van der Waals surface area contributed by atoms with Crippen molar-refractivity contribution in [2.24, 2.45) is 0 Å². The molecule has 1 amide bonds. The molecule has 0 aromatic heterocycles. The van der Waals surface area contributed by atoms with Crippen molar-refractivity contribution in [3.8, 4) is 5.75 Å². The van der Waals surface area contributed by atoms with Crippen molar-refractivity contribution in [2.45, 2.75) is 12.5 Å². The Morgan fingerprint density at radius 1 is 1.57 bits per heavy atom. The Morgan fingerprint density at radius 2 is 2.43 bits per heavy atom. The molecule has 1 aromatic carbocycles. The summed E-state index contributed by atoms with van der Waals surface area (Å²) in [5.41, 5.74) is 0.993. The first-order valence-corrected chi connectivity index (χ1v) is 4.81. The molecule has 14 heavy (non-hydrogen) atoms. The minimum absolute atomic E-state index is 0.0496. The van der Waals surface area contributed by atoms with Gasteiger partial charge in [-0.15, -0.1) is 0 Å². The van der Waals surface area contributed by atoms with Crippen molar-refractivity contribution in [1.82, 2.24) is 5.32 Å². The zero-order chi connectivity index (χ0) is 9.97. The summed E-state index contributed by atoms with van der Waals surface area (Å²) in [6.07, 6.45) is 1.52. The molecule has 0 fully saturated rings. The lowest BCUT2D eigenvalue weighted by atomic mass is 10.0. The molecular formula is C10H10ClNO2. The molecule has 0 aliphatic carbocycles. The third kappa shape index (κ3) is 1.68. The molecule has 0 spiro atoms. The van der Waals surface area contributed by atoms with Crippen molar-refractivity contribution in [1.29, 1.82) is 0 Å². The third-order valence-corrected chi connectivity index (χ3v) is 2.52. The van der Waals surface area contributed by atoms with E-state index in [1.54, 1.807) is 12.1 Å². The van der Waals surface area contributed by atoms with Gasteiger partial charge in [0.15, 0.2) is 0 Å². The molecule has 1 N–H and O–H groups in total. The van der Waals surface area contributed by atoms with E-state index >= 15 is 0 Å². The van der Waals surface area contributed by atoms with Gasteiger partial charge in [0.2, 0.25) is 6.41 Å². The first kappa shape index (κ1) is 9.34. The summed E-state index contributed by atoms with van der Waals surface area (Å²) in [7, 11) is 0. The van der Waals surface area contributed by atoms with Crippen LogP contribution in [0.4, 0.5) is 0 Å². The Kier molecular flexibility index (Phi) is 2.59. The van der Waals surface area contributed by atoms with E-state index in [1.165, 1.54) is 0 Å². The maximum absolute atomic E-state index is 10.4. The van der Waals surface area contributed by atoms with E-state index in [1.807, 2.05) is 6.07 Å². The molecule has 1 unspecified atom stereocenters. The number of hydrogen-bond donors (Lipinski definition) is 1. The van der Waals surface area contributed by atoms with Gasteiger partial charge < -0.3 is 10.1 Å². The Hall–Kier alpha value is -1.22. The van der Waals surface area contributed by atoms with E-state index < -0.39 is 0 Å². The van der Waals surface area contributed by atoms with Crippen LogP contribution in [0.25, 0.3) is 0 Å². The number of hydrogen-bond acceptors (Lipinski definition) is 2. The molecule has 1 heterocycles. The second kappa shape index (κ2) is 3.88. The van der Waals surface area contributed by atoms with Crippen LogP contribution in [0.5, 0.6) is 5.75 Å². The largest absolute Gasteiger partial charge is 0.493 e. The highest BCUT2D eigenvalue weighted by Crippen LogP contribution is 2.33. The maximum Gasteiger partial charge on any atom is 0.207 e. The van der Waals surface area contributed by atoms with E-state index in [0.29, 0.717) is 18.0 Å². The normalized spacial score (nSPS) is 19.4. The van der Waals surface area contributed by atoms with Crippen LogP contribution in [0.1, 0.15) is 18.0 Å². The number of amides is 1. The van der Waals surface area contributed by atoms with Crippen LogP contribution in [-0.4, -0.2) is 13.0 Å². The second-order valence-electron chi connectivity index (χ2n) is 3.16. The van der Waals surface area contributed by atoms with Crippen LogP contribution in [-0.2, 0) is 4.79 Å². The van der Waals surface area contributed by atoms with E-state index in [9.17, 15) is 4.79 Å². The highest BCUT2D eigenvalue weighted by Gasteiger charge is 2.20. The molecule has 1 aromatic rings. The van der Waals surface area contributed by atoms with Crippen molar-refractivity contribution in [3.63, 3.8) is 0 Å². The van der Waals surface area contributed by atoms with Crippen LogP contribution in [0.2, 0.25) is 5.02 Å². The first-order chi connectivity index (χ1) is 6.81. The van der Waals surface area contributed by atoms with Gasteiger partial charge in [-0.3, -0.25) is 4.79 Å². The monoisotopic (exact) mass is 211 g/mol. The van der Waals surface area contributed by atoms with Crippen LogP contribution in [0.15, 0.2) is 18.2 Å². The third-order valence-electron chi connectivity index (χ3n) is 2.28. The summed E-state index contributed by atoms with van der Waals surface area (Å²) in [4.78, 5) is 10.4. The van der Waals surface area contributed by atoms with Crippen molar-refractivity contribution < 1.29 is 9.53 Å². The molecule has 4 heteroatoms. The topological polar surface area (TPSA) is 38.3 Å². The van der Waals surface area contributed by atoms with Gasteiger partial charge >= 0.3 is 0 Å². The number of benzene rings is 1. The fourth-order valence-electron chi connectivity index (χ4n) is 1.62. The minimum Gasteiger partial charge on any atom is -0.493 e. The van der Waals surface area contributed by atoms with E-state index in [0.717, 1.165) is 17.7 Å². The first-order valence-electron chi connectivity index (χ1n) is 4.43. The average Bonchev–Trinajstić information content (AvgIpc) is 2.18. The predicted molar refractivity (Wildman–Crippen MR) is 53.5 cm³/mol. The summed E-state index contributed by atoms with van der Waals surface area (Å²) >= 11 is 5.83. The molecule has 2 rings (SSSR count). The quantitative estimate of drug-likeness (QED) is 0.759. The average molecular weight is 212 g/mol. The number of rotatable bonds is 2. The highest BCUT2D eigenvalue weighted by atomic mass is 35.5. The molecule has 1 aliphatic rings. The fraction of sp³-hybridized carbons (Fsp3) is 0.300. The van der Waals surface area contributed by atoms with Gasteiger partial charge in [0.25, 0.3) is 0 Å². The molecule has 0 saturated heterocycles. The molecule has 0 radical (unpaired) electrons. The zero-order valence-electron chi connectivity index (χ0n) is 7.50. The Bertz CT molecular complexity index is 354. The van der Waals surface area contributed by atoms with E-state index in [4.69, 9.17) is 16.3 Å². The standard InChI is InChI=1S/C10H10ClNO2/c11-7-1-2-8-9(12-6-13)3-4-14-10(8)5-7/h1-2,5-6,9H,3-4H2,(H,12,13). The van der Waals surface area contributed by atoms with Crippen molar-refractivity contribution >= 4 is 18.0 Å². The number of fused-ring (bicyclic) bond motifs is 1. The minimum atomic E-state index is 0.0496. The lowest BCUT2D eigenvalue weighted by Gasteiger charge is -2.25. The molecular weight excluding hydrogens is 202 g/mol. The van der Waals surface area contributed by atoms with Gasteiger partial charge in [-0.2, -0.15) is 0 Å². The summed E-state index contributed by atoms with van der Waals surface area (Å²) in [5, 5.41) is 3.41. The molecule has 1 atom stereocenters. The molecule has 0 bridgehead atoms. The Labute approximate surface area is 87.0 Å². The number of ether oxygens (including phenoxy) is 1. The van der Waals surface area contributed by atoms with Gasteiger partial charge in [0.1, 0.15) is 5.75 Å².